The quantitative estimate of drug-likeness (QED) is 0.384. The zero-order chi connectivity index (χ0) is 20.9. The molecule has 0 spiro atoms. The zero-order valence-electron chi connectivity index (χ0n) is 16.7. The summed E-state index contributed by atoms with van der Waals surface area (Å²) in [5.74, 6) is -0.840. The molecule has 0 atom stereocenters. The van der Waals surface area contributed by atoms with Crippen LogP contribution < -0.4 is 14.4 Å². The summed E-state index contributed by atoms with van der Waals surface area (Å²) < 4.78 is 25.6. The Kier molecular flexibility index (Phi) is 10.2. The van der Waals surface area contributed by atoms with Gasteiger partial charge in [0, 0.05) is 6.07 Å². The molecule has 9 nitrogen and oxygen atoms in total. The van der Waals surface area contributed by atoms with Crippen molar-refractivity contribution in [3.63, 3.8) is 0 Å². The van der Waals surface area contributed by atoms with Crippen molar-refractivity contribution in [1.82, 2.24) is 0 Å². The lowest BCUT2D eigenvalue weighted by molar-refractivity contribution is -0.146. The Hall–Kier alpha value is -2.97. The van der Waals surface area contributed by atoms with Crippen molar-refractivity contribution in [2.24, 2.45) is 0 Å². The number of carbonyl (C=O) groups is 3. The Morgan fingerprint density at radius 1 is 0.857 bits per heavy atom. The molecule has 0 aliphatic rings. The van der Waals surface area contributed by atoms with E-state index in [0.29, 0.717) is 11.4 Å². The molecular weight excluding hydrogens is 370 g/mol. The number of rotatable bonds is 12. The van der Waals surface area contributed by atoms with E-state index in [2.05, 4.69) is 0 Å². The SMILES string of the molecule is CCOC(=O)COc1cc(OC)ccc1N(CC(=O)OCC)CC(=O)OCC. The minimum atomic E-state index is -0.543. The number of esters is 3. The van der Waals surface area contributed by atoms with Gasteiger partial charge in [0.15, 0.2) is 6.61 Å². The minimum absolute atomic E-state index is 0.200. The standard InChI is InChI=1S/C19H27NO8/c1-5-25-17(21)11-20(12-18(22)26-6-2)15-9-8-14(24-4)10-16(15)28-13-19(23)27-7-3/h8-10H,5-7,11-13H2,1-4H3. The lowest BCUT2D eigenvalue weighted by Gasteiger charge is -2.25. The summed E-state index contributed by atoms with van der Waals surface area (Å²) >= 11 is 0. The lowest BCUT2D eigenvalue weighted by atomic mass is 10.2. The molecule has 0 fully saturated rings. The molecule has 9 heteroatoms. The first-order chi connectivity index (χ1) is 13.4. The van der Waals surface area contributed by atoms with Gasteiger partial charge in [-0.3, -0.25) is 9.59 Å². The van der Waals surface area contributed by atoms with Crippen molar-refractivity contribution in [2.75, 3.05) is 51.5 Å². The van der Waals surface area contributed by atoms with Crippen LogP contribution in [-0.2, 0) is 28.6 Å². The smallest absolute Gasteiger partial charge is 0.344 e. The first-order valence-corrected chi connectivity index (χ1v) is 8.97. The molecule has 1 aromatic rings. The largest absolute Gasteiger partial charge is 0.497 e. The van der Waals surface area contributed by atoms with E-state index >= 15 is 0 Å². The van der Waals surface area contributed by atoms with E-state index in [4.69, 9.17) is 23.7 Å². The van der Waals surface area contributed by atoms with Crippen LogP contribution >= 0.6 is 0 Å². The normalized spacial score (nSPS) is 10.0. The number of benzene rings is 1. The van der Waals surface area contributed by atoms with Gasteiger partial charge in [0.05, 0.1) is 32.6 Å². The number of hydrogen-bond acceptors (Lipinski definition) is 9. The van der Waals surface area contributed by atoms with E-state index in [9.17, 15) is 14.4 Å². The van der Waals surface area contributed by atoms with Gasteiger partial charge in [-0.25, -0.2) is 4.79 Å². The molecule has 28 heavy (non-hydrogen) atoms. The van der Waals surface area contributed by atoms with Crippen LogP contribution in [0.4, 0.5) is 5.69 Å². The van der Waals surface area contributed by atoms with Crippen LogP contribution in [0.3, 0.4) is 0 Å². The predicted octanol–water partition coefficient (Wildman–Crippen LogP) is 1.57. The van der Waals surface area contributed by atoms with Crippen molar-refractivity contribution in [3.8, 4) is 11.5 Å². The first kappa shape index (κ1) is 23.1. The molecule has 0 saturated heterocycles. The Morgan fingerprint density at radius 2 is 1.39 bits per heavy atom. The maximum Gasteiger partial charge on any atom is 0.344 e. The molecule has 156 valence electrons. The first-order valence-electron chi connectivity index (χ1n) is 8.97. The van der Waals surface area contributed by atoms with Crippen molar-refractivity contribution >= 4 is 23.6 Å². The summed E-state index contributed by atoms with van der Waals surface area (Å²) in [6.07, 6.45) is 0. The number of anilines is 1. The summed E-state index contributed by atoms with van der Waals surface area (Å²) in [5, 5.41) is 0. The molecule has 0 aromatic heterocycles. The number of carbonyl (C=O) groups excluding carboxylic acids is 3. The average molecular weight is 397 g/mol. The fraction of sp³-hybridized carbons (Fsp3) is 0.526. The van der Waals surface area contributed by atoms with Crippen molar-refractivity contribution in [1.29, 1.82) is 0 Å². The summed E-state index contributed by atoms with van der Waals surface area (Å²) in [7, 11) is 1.49. The van der Waals surface area contributed by atoms with Crippen LogP contribution in [0, 0.1) is 0 Å². The van der Waals surface area contributed by atoms with E-state index < -0.39 is 17.9 Å². The summed E-state index contributed by atoms with van der Waals surface area (Å²) in [5.41, 5.74) is 0.409. The number of ether oxygens (including phenoxy) is 5. The summed E-state index contributed by atoms with van der Waals surface area (Å²) in [4.78, 5) is 37.1. The van der Waals surface area contributed by atoms with Crippen LogP contribution in [0.5, 0.6) is 11.5 Å². The third-order valence-electron chi connectivity index (χ3n) is 3.41. The topological polar surface area (TPSA) is 101 Å². The van der Waals surface area contributed by atoms with E-state index in [1.807, 2.05) is 0 Å². The predicted molar refractivity (Wildman–Crippen MR) is 101 cm³/mol. The molecule has 1 rings (SSSR count). The molecule has 0 aliphatic heterocycles. The summed E-state index contributed by atoms with van der Waals surface area (Å²) in [6.45, 7) is 4.98. The molecule has 0 aliphatic carbocycles. The van der Waals surface area contributed by atoms with Gasteiger partial charge < -0.3 is 28.6 Å². The highest BCUT2D eigenvalue weighted by Crippen LogP contribution is 2.32. The highest BCUT2D eigenvalue weighted by Gasteiger charge is 2.21. The van der Waals surface area contributed by atoms with Crippen LogP contribution in [-0.4, -0.2) is 64.5 Å². The monoisotopic (exact) mass is 397 g/mol. The molecule has 0 bridgehead atoms. The lowest BCUT2D eigenvalue weighted by Crippen LogP contribution is -2.36. The van der Waals surface area contributed by atoms with Gasteiger partial charge in [0.25, 0.3) is 0 Å². The average Bonchev–Trinajstić information content (AvgIpc) is 2.66. The Morgan fingerprint density at radius 3 is 1.89 bits per heavy atom. The molecular formula is C19H27NO8. The molecule has 0 unspecified atom stereocenters. The third kappa shape index (κ3) is 7.73. The minimum Gasteiger partial charge on any atom is -0.497 e. The second-order valence-electron chi connectivity index (χ2n) is 5.39. The van der Waals surface area contributed by atoms with Gasteiger partial charge in [-0.1, -0.05) is 0 Å². The fourth-order valence-electron chi connectivity index (χ4n) is 2.29. The van der Waals surface area contributed by atoms with Gasteiger partial charge in [0.1, 0.15) is 24.6 Å². The molecule has 0 radical (unpaired) electrons. The molecule has 0 saturated carbocycles. The second-order valence-corrected chi connectivity index (χ2v) is 5.39. The van der Waals surface area contributed by atoms with Crippen LogP contribution in [0.15, 0.2) is 18.2 Å². The Balaban J connectivity index is 3.14. The van der Waals surface area contributed by atoms with Crippen LogP contribution in [0.2, 0.25) is 0 Å². The van der Waals surface area contributed by atoms with Crippen LogP contribution in [0.25, 0.3) is 0 Å². The fourth-order valence-corrected chi connectivity index (χ4v) is 2.29. The maximum absolute atomic E-state index is 12.0. The van der Waals surface area contributed by atoms with Crippen LogP contribution in [0.1, 0.15) is 20.8 Å². The molecule has 0 N–H and O–H groups in total. The summed E-state index contributed by atoms with van der Waals surface area (Å²) in [6, 6.07) is 4.82. The molecule has 0 heterocycles. The van der Waals surface area contributed by atoms with Crippen molar-refractivity contribution < 1.29 is 38.1 Å². The third-order valence-corrected chi connectivity index (χ3v) is 3.41. The highest BCUT2D eigenvalue weighted by atomic mass is 16.6. The van der Waals surface area contributed by atoms with Crippen molar-refractivity contribution in [2.45, 2.75) is 20.8 Å². The highest BCUT2D eigenvalue weighted by molar-refractivity contribution is 5.83. The van der Waals surface area contributed by atoms with Gasteiger partial charge in [-0.15, -0.1) is 0 Å². The van der Waals surface area contributed by atoms with E-state index in [0.717, 1.165) is 0 Å². The van der Waals surface area contributed by atoms with E-state index in [1.54, 1.807) is 39.0 Å². The maximum atomic E-state index is 12.0. The molecule has 0 amide bonds. The Bertz CT molecular complexity index is 641. The van der Waals surface area contributed by atoms with Gasteiger partial charge in [0.2, 0.25) is 0 Å². The number of methoxy groups -OCH3 is 1. The van der Waals surface area contributed by atoms with Gasteiger partial charge >= 0.3 is 17.9 Å². The number of hydrogen-bond donors (Lipinski definition) is 0. The Labute approximate surface area is 164 Å². The number of nitrogens with zero attached hydrogens (tertiary/aromatic N) is 1. The van der Waals surface area contributed by atoms with E-state index in [-0.39, 0.29) is 45.3 Å². The van der Waals surface area contributed by atoms with Gasteiger partial charge in [-0.05, 0) is 32.9 Å². The van der Waals surface area contributed by atoms with Crippen molar-refractivity contribution in [3.05, 3.63) is 18.2 Å². The molecule has 1 aromatic carbocycles. The zero-order valence-corrected chi connectivity index (χ0v) is 16.7. The van der Waals surface area contributed by atoms with E-state index in [1.165, 1.54) is 12.0 Å². The second kappa shape index (κ2) is 12.4. The van der Waals surface area contributed by atoms with Gasteiger partial charge in [-0.2, -0.15) is 0 Å².